The van der Waals surface area contributed by atoms with Gasteiger partial charge in [-0.3, -0.25) is 18.7 Å². The van der Waals surface area contributed by atoms with Gasteiger partial charge in [0.2, 0.25) is 0 Å². The van der Waals surface area contributed by atoms with Crippen molar-refractivity contribution in [3.63, 3.8) is 0 Å². The fourth-order valence-corrected chi connectivity index (χ4v) is 4.19. The Balaban J connectivity index is 1.82. The Bertz CT molecular complexity index is 1580. The molecule has 0 aliphatic heterocycles. The second-order valence-corrected chi connectivity index (χ2v) is 8.39. The molecule has 9 heteroatoms. The number of methoxy groups -OCH3 is 1. The van der Waals surface area contributed by atoms with Gasteiger partial charge in [0.25, 0.3) is 11.1 Å². The molecule has 34 heavy (non-hydrogen) atoms. The Morgan fingerprint density at radius 2 is 1.76 bits per heavy atom. The first kappa shape index (κ1) is 21.8. The molecule has 4 aromatic rings. The van der Waals surface area contributed by atoms with Crippen LogP contribution in [0.1, 0.15) is 24.4 Å². The maximum atomic E-state index is 14.8. The lowest BCUT2D eigenvalue weighted by atomic mass is 10.2. The molecule has 0 radical (unpaired) electrons. The van der Waals surface area contributed by atoms with Gasteiger partial charge >= 0.3 is 5.69 Å². The average molecular weight is 462 g/mol. The Labute approximate surface area is 193 Å². The molecule has 2 aromatic carbocycles. The quantitative estimate of drug-likeness (QED) is 0.476. The SMILES string of the molecule is COCc1ccc(Nc2cc(=O)n(C)c3c2c(=O)n(C2CC2)c(=O)n3-c2ccccc2)c(F)c1. The molecule has 0 spiro atoms. The highest BCUT2D eigenvalue weighted by Gasteiger charge is 2.31. The van der Waals surface area contributed by atoms with Gasteiger partial charge in [-0.1, -0.05) is 24.3 Å². The van der Waals surface area contributed by atoms with E-state index in [1.807, 2.05) is 6.07 Å². The van der Waals surface area contributed by atoms with E-state index in [0.717, 1.165) is 12.8 Å². The number of pyridine rings is 1. The number of nitrogens with zero attached hydrogens (tertiary/aromatic N) is 3. The zero-order chi connectivity index (χ0) is 24.0. The second kappa shape index (κ2) is 8.42. The molecule has 1 fully saturated rings. The number of ether oxygens (including phenoxy) is 1. The molecule has 1 aliphatic carbocycles. The minimum atomic E-state index is -0.553. The largest absolute Gasteiger partial charge is 0.380 e. The number of hydrogen-bond acceptors (Lipinski definition) is 5. The van der Waals surface area contributed by atoms with E-state index >= 15 is 0 Å². The molecule has 0 saturated heterocycles. The van der Waals surface area contributed by atoms with Crippen LogP contribution < -0.4 is 22.1 Å². The van der Waals surface area contributed by atoms with Gasteiger partial charge in [-0.05, 0) is 42.7 Å². The lowest BCUT2D eigenvalue weighted by molar-refractivity contribution is 0.184. The summed E-state index contributed by atoms with van der Waals surface area (Å²) in [6.45, 7) is 0.251. The number of benzene rings is 2. The lowest BCUT2D eigenvalue weighted by Gasteiger charge is -2.19. The van der Waals surface area contributed by atoms with E-state index in [-0.39, 0.29) is 35.1 Å². The number of aromatic nitrogens is 3. The monoisotopic (exact) mass is 462 g/mol. The third-order valence-electron chi connectivity index (χ3n) is 5.99. The number of fused-ring (bicyclic) bond motifs is 1. The standard InChI is InChI=1S/C25H23FN4O4/c1-28-21(31)13-20(27-19-11-8-15(14-34-2)12-18(19)26)22-23(28)29(16-6-4-3-5-7-16)25(33)30(24(22)32)17-9-10-17/h3-8,11-13,17,27H,9-10,14H2,1-2H3. The van der Waals surface area contributed by atoms with Gasteiger partial charge in [-0.25, -0.2) is 13.8 Å². The van der Waals surface area contributed by atoms with Gasteiger partial charge in [0.1, 0.15) is 16.9 Å². The highest BCUT2D eigenvalue weighted by Crippen LogP contribution is 2.33. The number of aryl methyl sites for hydroxylation is 1. The Morgan fingerprint density at radius 3 is 2.41 bits per heavy atom. The summed E-state index contributed by atoms with van der Waals surface area (Å²) in [5.41, 5.74) is 0.0913. The number of nitrogens with one attached hydrogen (secondary N) is 1. The van der Waals surface area contributed by atoms with Crippen LogP contribution in [0.4, 0.5) is 15.8 Å². The average Bonchev–Trinajstić information content (AvgIpc) is 3.65. The molecule has 174 valence electrons. The molecule has 2 aromatic heterocycles. The van der Waals surface area contributed by atoms with Crippen molar-refractivity contribution < 1.29 is 9.13 Å². The predicted molar refractivity (Wildman–Crippen MR) is 128 cm³/mol. The number of anilines is 2. The van der Waals surface area contributed by atoms with Crippen molar-refractivity contribution in [2.24, 2.45) is 7.05 Å². The molecule has 1 N–H and O–H groups in total. The highest BCUT2D eigenvalue weighted by atomic mass is 19.1. The van der Waals surface area contributed by atoms with Gasteiger partial charge < -0.3 is 10.1 Å². The fraction of sp³-hybridized carbons (Fsp3) is 0.240. The zero-order valence-corrected chi connectivity index (χ0v) is 18.7. The van der Waals surface area contributed by atoms with Crippen molar-refractivity contribution in [1.82, 2.24) is 13.7 Å². The van der Waals surface area contributed by atoms with Crippen LogP contribution in [0.3, 0.4) is 0 Å². The van der Waals surface area contributed by atoms with Gasteiger partial charge in [0, 0.05) is 26.3 Å². The smallest absolute Gasteiger partial charge is 0.337 e. The molecule has 8 nitrogen and oxygen atoms in total. The topological polar surface area (TPSA) is 87.3 Å². The maximum Gasteiger partial charge on any atom is 0.337 e. The molecular weight excluding hydrogens is 439 g/mol. The van der Waals surface area contributed by atoms with E-state index < -0.39 is 22.6 Å². The molecule has 2 heterocycles. The van der Waals surface area contributed by atoms with Gasteiger partial charge in [0.15, 0.2) is 0 Å². The minimum absolute atomic E-state index is 0.101. The van der Waals surface area contributed by atoms with Crippen molar-refractivity contribution in [1.29, 1.82) is 0 Å². The van der Waals surface area contributed by atoms with Crippen LogP contribution in [-0.4, -0.2) is 20.8 Å². The van der Waals surface area contributed by atoms with Crippen LogP contribution in [0.2, 0.25) is 0 Å². The first-order valence-corrected chi connectivity index (χ1v) is 10.9. The van der Waals surface area contributed by atoms with E-state index in [1.165, 1.54) is 46.1 Å². The van der Waals surface area contributed by atoms with E-state index in [4.69, 9.17) is 4.74 Å². The summed E-state index contributed by atoms with van der Waals surface area (Å²) in [7, 11) is 3.03. The van der Waals surface area contributed by atoms with Gasteiger partial charge in [-0.2, -0.15) is 0 Å². The first-order chi connectivity index (χ1) is 16.4. The van der Waals surface area contributed by atoms with Crippen molar-refractivity contribution in [2.45, 2.75) is 25.5 Å². The summed E-state index contributed by atoms with van der Waals surface area (Å²) in [6.07, 6.45) is 1.44. The summed E-state index contributed by atoms with van der Waals surface area (Å²) >= 11 is 0. The zero-order valence-electron chi connectivity index (χ0n) is 18.7. The van der Waals surface area contributed by atoms with Crippen LogP contribution in [0.5, 0.6) is 0 Å². The lowest BCUT2D eigenvalue weighted by Crippen LogP contribution is -2.41. The van der Waals surface area contributed by atoms with Crippen molar-refractivity contribution >= 4 is 22.4 Å². The molecule has 1 saturated carbocycles. The Hall–Kier alpha value is -3.98. The third kappa shape index (κ3) is 3.63. The summed E-state index contributed by atoms with van der Waals surface area (Å²) < 4.78 is 23.8. The normalized spacial score (nSPS) is 13.4. The Morgan fingerprint density at radius 1 is 1.03 bits per heavy atom. The van der Waals surface area contributed by atoms with E-state index in [2.05, 4.69) is 5.32 Å². The van der Waals surface area contributed by atoms with Crippen LogP contribution >= 0.6 is 0 Å². The summed E-state index contributed by atoms with van der Waals surface area (Å²) in [5, 5.41) is 3.06. The summed E-state index contributed by atoms with van der Waals surface area (Å²) in [6, 6.07) is 14.4. The number of rotatable bonds is 6. The van der Waals surface area contributed by atoms with Crippen molar-refractivity contribution in [3.8, 4) is 5.69 Å². The molecule has 0 bridgehead atoms. The van der Waals surface area contributed by atoms with Crippen LogP contribution in [0.25, 0.3) is 16.7 Å². The highest BCUT2D eigenvalue weighted by molar-refractivity contribution is 5.91. The summed E-state index contributed by atoms with van der Waals surface area (Å²) in [4.78, 5) is 40.0. The molecule has 0 amide bonds. The number of halogens is 1. The molecule has 1 aliphatic rings. The van der Waals surface area contributed by atoms with Crippen LogP contribution in [0, 0.1) is 5.82 Å². The van der Waals surface area contributed by atoms with Gasteiger partial charge in [0.05, 0.1) is 23.7 Å². The molecule has 0 atom stereocenters. The second-order valence-electron chi connectivity index (χ2n) is 8.39. The van der Waals surface area contributed by atoms with Crippen molar-refractivity contribution in [2.75, 3.05) is 12.4 Å². The minimum Gasteiger partial charge on any atom is -0.380 e. The number of para-hydroxylation sites is 1. The maximum absolute atomic E-state index is 14.8. The Kier molecular flexibility index (Phi) is 5.41. The van der Waals surface area contributed by atoms with E-state index in [9.17, 15) is 18.8 Å². The third-order valence-corrected chi connectivity index (χ3v) is 5.99. The summed E-state index contributed by atoms with van der Waals surface area (Å²) in [5.74, 6) is -0.553. The van der Waals surface area contributed by atoms with Crippen molar-refractivity contribution in [3.05, 3.63) is 97.2 Å². The van der Waals surface area contributed by atoms with Crippen LogP contribution in [-0.2, 0) is 18.4 Å². The molecule has 5 rings (SSSR count). The van der Waals surface area contributed by atoms with E-state index in [1.54, 1.807) is 30.3 Å². The molecular formula is C25H23FN4O4. The fourth-order valence-electron chi connectivity index (χ4n) is 4.19. The van der Waals surface area contributed by atoms with Crippen LogP contribution in [0.15, 0.2) is 69.0 Å². The van der Waals surface area contributed by atoms with E-state index in [0.29, 0.717) is 11.3 Å². The first-order valence-electron chi connectivity index (χ1n) is 10.9. The predicted octanol–water partition coefficient (Wildman–Crippen LogP) is 3.22. The number of hydrogen-bond donors (Lipinski definition) is 1. The van der Waals surface area contributed by atoms with Gasteiger partial charge in [-0.15, -0.1) is 0 Å². The molecule has 0 unspecified atom stereocenters.